The summed E-state index contributed by atoms with van der Waals surface area (Å²) in [6.07, 6.45) is 0.746. The van der Waals surface area contributed by atoms with Crippen LogP contribution in [-0.2, 0) is 4.74 Å². The van der Waals surface area contributed by atoms with Gasteiger partial charge >= 0.3 is 0 Å². The molecule has 0 saturated carbocycles. The van der Waals surface area contributed by atoms with Crippen molar-refractivity contribution >= 4 is 39.1 Å². The van der Waals surface area contributed by atoms with Crippen molar-refractivity contribution in [3.63, 3.8) is 0 Å². The fourth-order valence-electron chi connectivity index (χ4n) is 6.03. The Balaban J connectivity index is 1.43. The fraction of sp³-hybridized carbons (Fsp3) is 0.367. The fourth-order valence-corrected chi connectivity index (χ4v) is 6.30. The highest BCUT2D eigenvalue weighted by atomic mass is 35.5. The second-order valence-corrected chi connectivity index (χ2v) is 11.0. The predicted molar refractivity (Wildman–Crippen MR) is 152 cm³/mol. The van der Waals surface area contributed by atoms with Gasteiger partial charge in [-0.3, -0.25) is 4.90 Å². The monoisotopic (exact) mass is 580 g/mol. The Hall–Kier alpha value is -3.49. The van der Waals surface area contributed by atoms with E-state index < -0.39 is 23.5 Å². The van der Waals surface area contributed by atoms with E-state index in [0.717, 1.165) is 0 Å². The van der Waals surface area contributed by atoms with E-state index >= 15 is 4.39 Å². The molecule has 4 aromatic rings. The van der Waals surface area contributed by atoms with E-state index in [1.165, 1.54) is 12.4 Å². The molecule has 11 heteroatoms. The maximum Gasteiger partial charge on any atom is 0.167 e. The van der Waals surface area contributed by atoms with Gasteiger partial charge in [0.25, 0.3) is 0 Å². The van der Waals surface area contributed by atoms with E-state index in [9.17, 15) is 14.0 Å². The smallest absolute Gasteiger partial charge is 0.167 e. The second kappa shape index (κ2) is 11.1. The molecule has 0 radical (unpaired) electrons. The van der Waals surface area contributed by atoms with Gasteiger partial charge in [0, 0.05) is 48.6 Å². The number of likely N-dealkylation sites (N-methyl/N-ethyl adjacent to an activating group) is 1. The van der Waals surface area contributed by atoms with Crippen molar-refractivity contribution in [3.8, 4) is 17.2 Å². The molecule has 1 unspecified atom stereocenters. The minimum atomic E-state index is -1.10. The van der Waals surface area contributed by atoms with Gasteiger partial charge in [-0.15, -0.1) is 0 Å². The standard InChI is InChI=1S/C30H28ClF3N6O/c1-39-14-19(32)13-20(39)15-41-30(9-10-35)16-36-11-12-40(30)29-23-7-6-22(27(34)28(23)37-17-38-29)21-4-2-3-18-5-8-24(33)26(31)25(18)21/h2-8,17,19-20,36H,9,11-16H2,1H3/t19-,20+,30?/m1/s1. The lowest BCUT2D eigenvalue weighted by Gasteiger charge is -2.47. The highest BCUT2D eigenvalue weighted by molar-refractivity contribution is 6.36. The van der Waals surface area contributed by atoms with E-state index in [4.69, 9.17) is 16.3 Å². The third kappa shape index (κ3) is 4.87. The highest BCUT2D eigenvalue weighted by Crippen LogP contribution is 2.40. The summed E-state index contributed by atoms with van der Waals surface area (Å²) in [6.45, 7) is 1.95. The number of ether oxygens (including phenoxy) is 1. The third-order valence-electron chi connectivity index (χ3n) is 8.15. The summed E-state index contributed by atoms with van der Waals surface area (Å²) in [5.41, 5.74) is -0.343. The zero-order chi connectivity index (χ0) is 28.7. The van der Waals surface area contributed by atoms with E-state index in [-0.39, 0.29) is 35.2 Å². The molecule has 0 amide bonds. The number of alkyl halides is 1. The molecule has 6 rings (SSSR count). The van der Waals surface area contributed by atoms with Crippen molar-refractivity contribution in [2.45, 2.75) is 30.8 Å². The number of benzene rings is 3. The Morgan fingerprint density at radius 2 is 2.02 bits per heavy atom. The number of nitrogens with zero attached hydrogens (tertiary/aromatic N) is 5. The number of halogens is 4. The number of piperazine rings is 1. The molecule has 41 heavy (non-hydrogen) atoms. The largest absolute Gasteiger partial charge is 0.351 e. The number of fused-ring (bicyclic) bond motifs is 2. The van der Waals surface area contributed by atoms with Crippen molar-refractivity contribution < 1.29 is 17.9 Å². The average molecular weight is 581 g/mol. The molecule has 2 aliphatic rings. The summed E-state index contributed by atoms with van der Waals surface area (Å²) in [5.74, 6) is -0.749. The number of likely N-dealkylation sites (tertiary alicyclic amines) is 1. The van der Waals surface area contributed by atoms with E-state index in [0.29, 0.717) is 60.1 Å². The number of anilines is 1. The van der Waals surface area contributed by atoms with Gasteiger partial charge in [0.15, 0.2) is 11.5 Å². The number of hydrogen-bond acceptors (Lipinski definition) is 7. The predicted octanol–water partition coefficient (Wildman–Crippen LogP) is 5.46. The maximum atomic E-state index is 16.3. The summed E-state index contributed by atoms with van der Waals surface area (Å²) < 4.78 is 51.1. The second-order valence-electron chi connectivity index (χ2n) is 10.6. The van der Waals surface area contributed by atoms with E-state index in [2.05, 4.69) is 21.4 Å². The summed E-state index contributed by atoms with van der Waals surface area (Å²) in [7, 11) is 1.86. The SMILES string of the molecule is CN1C[C@H](F)C[C@H]1COC1(CC#N)CNCCN1c1ncnc2c(F)c(-c3cccc4ccc(F)c(Cl)c34)ccc12. The molecule has 0 spiro atoms. The van der Waals surface area contributed by atoms with E-state index in [1.807, 2.05) is 16.8 Å². The number of hydrogen-bond donors (Lipinski definition) is 1. The molecule has 1 aromatic heterocycles. The topological polar surface area (TPSA) is 77.3 Å². The Morgan fingerprint density at radius 1 is 1.17 bits per heavy atom. The normalized spacial score (nSPS) is 23.4. The van der Waals surface area contributed by atoms with Crippen LogP contribution in [0.4, 0.5) is 19.0 Å². The van der Waals surface area contributed by atoms with Crippen molar-refractivity contribution in [2.24, 2.45) is 0 Å². The van der Waals surface area contributed by atoms with Crippen molar-refractivity contribution in [1.82, 2.24) is 20.2 Å². The first-order valence-electron chi connectivity index (χ1n) is 13.5. The van der Waals surface area contributed by atoms with Crippen LogP contribution in [0.15, 0.2) is 48.8 Å². The van der Waals surface area contributed by atoms with Crippen LogP contribution in [-0.4, -0.2) is 72.6 Å². The first-order valence-corrected chi connectivity index (χ1v) is 13.8. The van der Waals surface area contributed by atoms with Gasteiger partial charge in [-0.25, -0.2) is 23.1 Å². The molecule has 3 heterocycles. The van der Waals surface area contributed by atoms with Crippen molar-refractivity contribution in [1.29, 1.82) is 5.26 Å². The van der Waals surface area contributed by atoms with Crippen LogP contribution in [0.1, 0.15) is 12.8 Å². The minimum Gasteiger partial charge on any atom is -0.351 e. The molecule has 0 bridgehead atoms. The molecular weight excluding hydrogens is 553 g/mol. The van der Waals surface area contributed by atoms with Gasteiger partial charge in [-0.1, -0.05) is 41.9 Å². The summed E-state index contributed by atoms with van der Waals surface area (Å²) in [4.78, 5) is 12.6. The Morgan fingerprint density at radius 3 is 2.80 bits per heavy atom. The quantitative estimate of drug-likeness (QED) is 0.324. The lowest BCUT2D eigenvalue weighted by atomic mass is 9.96. The Kier molecular flexibility index (Phi) is 7.47. The van der Waals surface area contributed by atoms with Crippen LogP contribution in [0.3, 0.4) is 0 Å². The zero-order valence-electron chi connectivity index (χ0n) is 22.4. The first kappa shape index (κ1) is 27.7. The van der Waals surface area contributed by atoms with E-state index in [1.54, 1.807) is 36.4 Å². The molecule has 212 valence electrons. The molecule has 2 saturated heterocycles. The van der Waals surface area contributed by atoms with Crippen LogP contribution >= 0.6 is 11.6 Å². The Labute approximate surface area is 240 Å². The first-order chi connectivity index (χ1) is 19.8. The molecule has 1 N–H and O–H groups in total. The molecule has 2 aliphatic heterocycles. The van der Waals surface area contributed by atoms with Gasteiger partial charge in [-0.05, 0) is 36.6 Å². The van der Waals surface area contributed by atoms with Gasteiger partial charge in [-0.2, -0.15) is 5.26 Å². The number of aromatic nitrogens is 2. The Bertz CT molecular complexity index is 1670. The molecule has 3 aromatic carbocycles. The summed E-state index contributed by atoms with van der Waals surface area (Å²) >= 11 is 6.33. The molecule has 7 nitrogen and oxygen atoms in total. The lowest BCUT2D eigenvalue weighted by molar-refractivity contribution is -0.0670. The van der Waals surface area contributed by atoms with Gasteiger partial charge in [0.2, 0.25) is 0 Å². The maximum absolute atomic E-state index is 16.3. The number of nitriles is 1. The molecular formula is C30H28ClF3N6O. The summed E-state index contributed by atoms with van der Waals surface area (Å²) in [5, 5.41) is 14.6. The van der Waals surface area contributed by atoms with Gasteiger partial charge in [0.1, 0.15) is 29.7 Å². The van der Waals surface area contributed by atoms with Crippen LogP contribution in [0.2, 0.25) is 5.02 Å². The number of rotatable bonds is 6. The van der Waals surface area contributed by atoms with Crippen molar-refractivity contribution in [3.05, 3.63) is 65.4 Å². The van der Waals surface area contributed by atoms with Gasteiger partial charge < -0.3 is 15.0 Å². The molecule has 3 atom stereocenters. The average Bonchev–Trinajstić information content (AvgIpc) is 3.30. The summed E-state index contributed by atoms with van der Waals surface area (Å²) in [6, 6.07) is 13.6. The molecule has 2 fully saturated rings. The van der Waals surface area contributed by atoms with Crippen LogP contribution in [0, 0.1) is 23.0 Å². The van der Waals surface area contributed by atoms with Gasteiger partial charge in [0.05, 0.1) is 24.1 Å². The van der Waals surface area contributed by atoms with Crippen LogP contribution in [0.5, 0.6) is 0 Å². The van der Waals surface area contributed by atoms with Crippen molar-refractivity contribution in [2.75, 3.05) is 44.7 Å². The number of nitrogens with one attached hydrogen (secondary N) is 1. The highest BCUT2D eigenvalue weighted by Gasteiger charge is 2.43. The van der Waals surface area contributed by atoms with Crippen LogP contribution < -0.4 is 10.2 Å². The third-order valence-corrected chi connectivity index (χ3v) is 8.52. The lowest BCUT2D eigenvalue weighted by Crippen LogP contribution is -2.64. The zero-order valence-corrected chi connectivity index (χ0v) is 23.1. The minimum absolute atomic E-state index is 0.0155. The van der Waals surface area contributed by atoms with Crippen LogP contribution in [0.25, 0.3) is 32.8 Å². The molecule has 0 aliphatic carbocycles.